The third-order valence-corrected chi connectivity index (χ3v) is 7.25. The van der Waals surface area contributed by atoms with Crippen molar-refractivity contribution in [1.29, 1.82) is 0 Å². The average Bonchev–Trinajstić information content (AvgIpc) is 3.61. The fourth-order valence-electron chi connectivity index (χ4n) is 4.86. The molecule has 1 saturated heterocycles. The minimum atomic E-state index is 0.0269. The Bertz CT molecular complexity index is 1120. The Hall–Kier alpha value is -2.49. The number of amides is 1. The number of hydrogen-bond acceptors (Lipinski definition) is 2. The minimum Gasteiger partial charge on any atom is -0.360 e. The van der Waals surface area contributed by atoms with Gasteiger partial charge in [0.05, 0.1) is 16.8 Å². The summed E-state index contributed by atoms with van der Waals surface area (Å²) >= 11 is 12.8. The van der Waals surface area contributed by atoms with Crippen molar-refractivity contribution in [2.24, 2.45) is 5.92 Å². The number of nitrogens with zero attached hydrogens (tertiary/aromatic N) is 2. The molecule has 1 unspecified atom stereocenters. The summed E-state index contributed by atoms with van der Waals surface area (Å²) in [5, 5.41) is 1.45. The third-order valence-electron chi connectivity index (χ3n) is 6.69. The van der Waals surface area contributed by atoms with Gasteiger partial charge in [0.2, 0.25) is 5.91 Å². The van der Waals surface area contributed by atoms with Gasteiger partial charge in [0.25, 0.3) is 0 Å². The van der Waals surface area contributed by atoms with Crippen LogP contribution in [0.2, 0.25) is 10.0 Å². The van der Waals surface area contributed by atoms with Crippen LogP contribution in [0.15, 0.2) is 72.8 Å². The molecule has 1 aliphatic heterocycles. The molecule has 2 aliphatic rings. The molecule has 3 atom stereocenters. The second-order valence-electron chi connectivity index (χ2n) is 8.86. The monoisotopic (exact) mass is 464 g/mol. The van der Waals surface area contributed by atoms with Gasteiger partial charge in [-0.3, -0.25) is 4.79 Å². The second kappa shape index (κ2) is 8.80. The zero-order chi connectivity index (χ0) is 22.2. The molecule has 3 aromatic rings. The molecule has 5 rings (SSSR count). The normalized spacial score (nSPS) is 22.7. The van der Waals surface area contributed by atoms with Gasteiger partial charge in [-0.05, 0) is 60.2 Å². The highest BCUT2D eigenvalue weighted by Gasteiger charge is 2.47. The number of anilines is 1. The van der Waals surface area contributed by atoms with E-state index in [4.69, 9.17) is 23.2 Å². The van der Waals surface area contributed by atoms with Crippen LogP contribution in [0.3, 0.4) is 0 Å². The van der Waals surface area contributed by atoms with Crippen LogP contribution in [0.25, 0.3) is 0 Å². The summed E-state index contributed by atoms with van der Waals surface area (Å²) in [5.74, 6) is 0.715. The molecule has 1 heterocycles. The lowest BCUT2D eigenvalue weighted by molar-refractivity contribution is -0.133. The minimum absolute atomic E-state index is 0.0269. The van der Waals surface area contributed by atoms with Crippen LogP contribution in [0, 0.1) is 12.8 Å². The lowest BCUT2D eigenvalue weighted by Gasteiger charge is -2.43. The SMILES string of the molecule is Cc1ccc(N2CCN(C(=O)[C@@H]3C[C@H]3c3ccccc3)CC2c2ccc(Cl)cc2)c(Cl)c1. The van der Waals surface area contributed by atoms with Crippen LogP contribution in [0.1, 0.15) is 35.1 Å². The highest BCUT2D eigenvalue weighted by atomic mass is 35.5. The molecule has 3 nitrogen and oxygen atoms in total. The van der Waals surface area contributed by atoms with Gasteiger partial charge in [0.1, 0.15) is 0 Å². The van der Waals surface area contributed by atoms with Crippen molar-refractivity contribution in [3.05, 3.63) is 99.5 Å². The molecule has 0 N–H and O–H groups in total. The largest absolute Gasteiger partial charge is 0.360 e. The van der Waals surface area contributed by atoms with Crippen molar-refractivity contribution in [2.75, 3.05) is 24.5 Å². The first-order valence-electron chi connectivity index (χ1n) is 11.1. The highest BCUT2D eigenvalue weighted by molar-refractivity contribution is 6.33. The van der Waals surface area contributed by atoms with Crippen LogP contribution >= 0.6 is 23.2 Å². The average molecular weight is 465 g/mol. The van der Waals surface area contributed by atoms with Gasteiger partial charge in [-0.15, -0.1) is 0 Å². The predicted octanol–water partition coefficient (Wildman–Crippen LogP) is 6.50. The van der Waals surface area contributed by atoms with Gasteiger partial charge in [0.15, 0.2) is 0 Å². The number of benzene rings is 3. The Morgan fingerprint density at radius 2 is 1.66 bits per heavy atom. The zero-order valence-electron chi connectivity index (χ0n) is 18.0. The summed E-state index contributed by atoms with van der Waals surface area (Å²) in [4.78, 5) is 17.8. The number of rotatable bonds is 4. The first-order chi connectivity index (χ1) is 15.5. The summed E-state index contributed by atoms with van der Waals surface area (Å²) in [7, 11) is 0. The van der Waals surface area contributed by atoms with Gasteiger partial charge >= 0.3 is 0 Å². The molecule has 164 valence electrons. The smallest absolute Gasteiger partial charge is 0.226 e. The fraction of sp³-hybridized carbons (Fsp3) is 0.296. The van der Waals surface area contributed by atoms with E-state index in [1.54, 1.807) is 0 Å². The molecule has 0 bridgehead atoms. The standard InChI is InChI=1S/C27H26Cl2N2O/c1-18-7-12-25(24(29)15-18)31-14-13-30(17-26(31)20-8-10-21(28)11-9-20)27(32)23-16-22(23)19-5-3-2-4-6-19/h2-12,15,22-23,26H,13-14,16-17H2,1H3/t22-,23+,26?/m0/s1. The Kier molecular flexibility index (Phi) is 5.88. The summed E-state index contributed by atoms with van der Waals surface area (Å²) in [6.07, 6.45) is 0.943. The third kappa shape index (κ3) is 4.24. The summed E-state index contributed by atoms with van der Waals surface area (Å²) < 4.78 is 0. The Balaban J connectivity index is 1.39. The van der Waals surface area contributed by atoms with Crippen molar-refractivity contribution >= 4 is 34.8 Å². The lowest BCUT2D eigenvalue weighted by atomic mass is 10.00. The number of piperazine rings is 1. The van der Waals surface area contributed by atoms with Gasteiger partial charge in [-0.1, -0.05) is 71.7 Å². The lowest BCUT2D eigenvalue weighted by Crippen LogP contribution is -2.51. The van der Waals surface area contributed by atoms with Gasteiger partial charge in [-0.2, -0.15) is 0 Å². The maximum Gasteiger partial charge on any atom is 0.226 e. The van der Waals surface area contributed by atoms with Crippen LogP contribution < -0.4 is 4.90 Å². The van der Waals surface area contributed by atoms with E-state index in [0.717, 1.165) is 34.8 Å². The molecule has 1 aliphatic carbocycles. The predicted molar refractivity (Wildman–Crippen MR) is 132 cm³/mol. The molecule has 1 amide bonds. The highest BCUT2D eigenvalue weighted by Crippen LogP contribution is 2.49. The number of halogens is 2. The number of hydrogen-bond donors (Lipinski definition) is 0. The van der Waals surface area contributed by atoms with E-state index in [-0.39, 0.29) is 17.9 Å². The van der Waals surface area contributed by atoms with Crippen LogP contribution in [-0.2, 0) is 4.79 Å². The van der Waals surface area contributed by atoms with Crippen molar-refractivity contribution in [3.63, 3.8) is 0 Å². The van der Waals surface area contributed by atoms with Crippen molar-refractivity contribution in [1.82, 2.24) is 4.90 Å². The maximum absolute atomic E-state index is 13.4. The molecule has 0 spiro atoms. The molecule has 2 fully saturated rings. The number of aryl methyl sites for hydroxylation is 1. The van der Waals surface area contributed by atoms with E-state index in [9.17, 15) is 4.79 Å². The van der Waals surface area contributed by atoms with E-state index in [0.29, 0.717) is 24.0 Å². The number of carbonyl (C=O) groups is 1. The van der Waals surface area contributed by atoms with Crippen molar-refractivity contribution in [3.8, 4) is 0 Å². The molecule has 32 heavy (non-hydrogen) atoms. The van der Waals surface area contributed by atoms with Crippen molar-refractivity contribution < 1.29 is 4.79 Å². The zero-order valence-corrected chi connectivity index (χ0v) is 19.6. The molecular weight excluding hydrogens is 439 g/mol. The Morgan fingerprint density at radius 1 is 0.906 bits per heavy atom. The van der Waals surface area contributed by atoms with Crippen LogP contribution in [-0.4, -0.2) is 30.4 Å². The van der Waals surface area contributed by atoms with E-state index >= 15 is 0 Å². The first-order valence-corrected chi connectivity index (χ1v) is 11.9. The van der Waals surface area contributed by atoms with Crippen molar-refractivity contribution in [2.45, 2.75) is 25.3 Å². The van der Waals surface area contributed by atoms with E-state index in [1.807, 2.05) is 36.1 Å². The van der Waals surface area contributed by atoms with Gasteiger partial charge < -0.3 is 9.80 Å². The first kappa shape index (κ1) is 21.4. The molecule has 5 heteroatoms. The molecule has 0 aromatic heterocycles. The quantitative estimate of drug-likeness (QED) is 0.440. The second-order valence-corrected chi connectivity index (χ2v) is 9.70. The van der Waals surface area contributed by atoms with E-state index in [2.05, 4.69) is 53.4 Å². The topological polar surface area (TPSA) is 23.6 Å². The fourth-order valence-corrected chi connectivity index (χ4v) is 5.33. The molecule has 1 saturated carbocycles. The summed E-state index contributed by atoms with van der Waals surface area (Å²) in [6, 6.07) is 24.5. The summed E-state index contributed by atoms with van der Waals surface area (Å²) in [5.41, 5.74) is 4.55. The molecule has 0 radical (unpaired) electrons. The van der Waals surface area contributed by atoms with E-state index in [1.165, 1.54) is 5.56 Å². The van der Waals surface area contributed by atoms with Gasteiger partial charge in [-0.25, -0.2) is 0 Å². The Morgan fingerprint density at radius 3 is 2.38 bits per heavy atom. The number of carbonyl (C=O) groups excluding carboxylic acids is 1. The summed E-state index contributed by atoms with van der Waals surface area (Å²) in [6.45, 7) is 4.13. The van der Waals surface area contributed by atoms with Gasteiger partial charge in [0, 0.05) is 30.6 Å². The molecule has 3 aromatic carbocycles. The Labute approximate surface area is 199 Å². The van der Waals surface area contributed by atoms with Crippen LogP contribution in [0.4, 0.5) is 5.69 Å². The molecular formula is C27H26Cl2N2O. The maximum atomic E-state index is 13.4. The van der Waals surface area contributed by atoms with Crippen LogP contribution in [0.5, 0.6) is 0 Å². The van der Waals surface area contributed by atoms with E-state index < -0.39 is 0 Å².